The van der Waals surface area contributed by atoms with Gasteiger partial charge in [-0.25, -0.2) is 0 Å². The number of rotatable bonds is 2. The standard InChI is InChI=1S/C22H30O5.Na.H/c1-12-8-14(24)9-13-4-5-15-16-6-7-22(27,18(26)11-23)20(16,2)10-17(25)19(15)21(12,13)3;;/h8-9,15-17,19,23,25,27H,4-7,10-11H2,1-3H3;;/t15-,16?,17?,19+,20+,21+,22+;;/m1../s1. The zero-order chi connectivity index (χ0) is 19.8. The molecule has 2 unspecified atom stereocenters. The van der Waals surface area contributed by atoms with Crippen molar-refractivity contribution in [1.82, 2.24) is 0 Å². The second-order valence-electron chi connectivity index (χ2n) is 9.61. The van der Waals surface area contributed by atoms with Crippen LogP contribution in [0.1, 0.15) is 52.9 Å². The third kappa shape index (κ3) is 2.67. The number of ketones is 2. The van der Waals surface area contributed by atoms with Gasteiger partial charge in [0.15, 0.2) is 11.6 Å². The average molecular weight is 398 g/mol. The summed E-state index contributed by atoms with van der Waals surface area (Å²) in [6, 6.07) is 0. The van der Waals surface area contributed by atoms with Crippen molar-refractivity contribution in [3.8, 4) is 0 Å². The van der Waals surface area contributed by atoms with Gasteiger partial charge in [-0.05, 0) is 63.0 Å². The Labute approximate surface area is 188 Å². The Kier molecular flexibility index (Phi) is 5.71. The molecule has 3 fully saturated rings. The van der Waals surface area contributed by atoms with E-state index in [0.29, 0.717) is 12.8 Å². The topological polar surface area (TPSA) is 94.8 Å². The predicted molar refractivity (Wildman–Crippen MR) is 107 cm³/mol. The van der Waals surface area contributed by atoms with Crippen molar-refractivity contribution >= 4 is 41.1 Å². The molecule has 6 heteroatoms. The van der Waals surface area contributed by atoms with Crippen molar-refractivity contribution in [3.05, 3.63) is 23.3 Å². The summed E-state index contributed by atoms with van der Waals surface area (Å²) in [7, 11) is 0. The van der Waals surface area contributed by atoms with Crippen LogP contribution in [0.25, 0.3) is 0 Å². The number of aliphatic hydroxyl groups is 3. The Balaban J connectivity index is 0.00000225. The van der Waals surface area contributed by atoms with Crippen LogP contribution in [0.15, 0.2) is 23.3 Å². The van der Waals surface area contributed by atoms with E-state index >= 15 is 0 Å². The van der Waals surface area contributed by atoms with Crippen molar-refractivity contribution in [2.75, 3.05) is 6.61 Å². The second-order valence-corrected chi connectivity index (χ2v) is 9.61. The molecule has 28 heavy (non-hydrogen) atoms. The van der Waals surface area contributed by atoms with E-state index in [9.17, 15) is 24.9 Å². The molecule has 3 N–H and O–H groups in total. The van der Waals surface area contributed by atoms with Crippen LogP contribution in [0.4, 0.5) is 0 Å². The summed E-state index contributed by atoms with van der Waals surface area (Å²) >= 11 is 0. The fourth-order valence-electron chi connectivity index (χ4n) is 7.27. The summed E-state index contributed by atoms with van der Waals surface area (Å²) in [5.74, 6) is -0.225. The first-order valence-electron chi connectivity index (χ1n) is 10.1. The third-order valence-electron chi connectivity index (χ3n) is 8.79. The van der Waals surface area contributed by atoms with Crippen molar-refractivity contribution in [1.29, 1.82) is 0 Å². The molecule has 0 saturated heterocycles. The summed E-state index contributed by atoms with van der Waals surface area (Å²) in [5.41, 5.74) is -0.534. The summed E-state index contributed by atoms with van der Waals surface area (Å²) in [6.45, 7) is 5.37. The maximum absolute atomic E-state index is 12.4. The van der Waals surface area contributed by atoms with Gasteiger partial charge >= 0.3 is 29.6 Å². The molecule has 0 radical (unpaired) electrons. The Morgan fingerprint density at radius 2 is 1.93 bits per heavy atom. The Morgan fingerprint density at radius 3 is 2.57 bits per heavy atom. The Hall–Kier alpha value is -0.300. The zero-order valence-electron chi connectivity index (χ0n) is 16.4. The van der Waals surface area contributed by atoms with Gasteiger partial charge in [-0.2, -0.15) is 0 Å². The van der Waals surface area contributed by atoms with Crippen molar-refractivity contribution in [3.63, 3.8) is 0 Å². The Bertz CT molecular complexity index is 773. The number of aliphatic hydroxyl groups excluding tert-OH is 2. The molecule has 5 nitrogen and oxygen atoms in total. The van der Waals surface area contributed by atoms with Gasteiger partial charge in [0.1, 0.15) is 12.2 Å². The molecule has 0 bridgehead atoms. The normalized spacial score (nSPS) is 47.1. The van der Waals surface area contributed by atoms with E-state index in [2.05, 4.69) is 6.92 Å². The summed E-state index contributed by atoms with van der Waals surface area (Å²) < 4.78 is 0. The molecule has 0 aliphatic heterocycles. The number of carbonyl (C=O) groups excluding carboxylic acids is 2. The van der Waals surface area contributed by atoms with Gasteiger partial charge in [0.05, 0.1) is 6.10 Å². The van der Waals surface area contributed by atoms with Gasteiger partial charge in [-0.3, -0.25) is 9.59 Å². The molecule has 0 amide bonds. The monoisotopic (exact) mass is 398 g/mol. The van der Waals surface area contributed by atoms with E-state index in [4.69, 9.17) is 0 Å². The van der Waals surface area contributed by atoms with Gasteiger partial charge in [0, 0.05) is 16.7 Å². The van der Waals surface area contributed by atoms with Crippen molar-refractivity contribution < 1.29 is 24.9 Å². The van der Waals surface area contributed by atoms with Crippen LogP contribution in [0.5, 0.6) is 0 Å². The molecule has 0 spiro atoms. The van der Waals surface area contributed by atoms with E-state index < -0.39 is 29.5 Å². The quantitative estimate of drug-likeness (QED) is 0.610. The SMILES string of the molecule is CC1=CC(=O)C=C2CC[C@@H]3C4CC[C@](O)(C(=O)CO)[C@@]4(C)CC(O)[C@H]3[C@@]12C.[NaH]. The molecule has 7 atom stereocenters. The van der Waals surface area contributed by atoms with Gasteiger partial charge in [0.25, 0.3) is 0 Å². The first-order valence-corrected chi connectivity index (χ1v) is 10.1. The third-order valence-corrected chi connectivity index (χ3v) is 8.79. The van der Waals surface area contributed by atoms with E-state index in [0.717, 1.165) is 30.4 Å². The van der Waals surface area contributed by atoms with E-state index in [1.165, 1.54) is 0 Å². The van der Waals surface area contributed by atoms with E-state index in [1.807, 2.05) is 13.8 Å². The number of hydrogen-bond acceptors (Lipinski definition) is 5. The van der Waals surface area contributed by atoms with E-state index in [1.54, 1.807) is 12.2 Å². The molecule has 0 aromatic heterocycles. The van der Waals surface area contributed by atoms with Crippen LogP contribution in [0.2, 0.25) is 0 Å². The van der Waals surface area contributed by atoms with Crippen LogP contribution < -0.4 is 0 Å². The minimum absolute atomic E-state index is 0. The molecule has 4 rings (SSSR count). The molecule has 3 saturated carbocycles. The van der Waals surface area contributed by atoms with Gasteiger partial charge in [-0.15, -0.1) is 0 Å². The van der Waals surface area contributed by atoms with Crippen molar-refractivity contribution in [2.24, 2.45) is 28.6 Å². The van der Waals surface area contributed by atoms with Crippen LogP contribution in [0.3, 0.4) is 0 Å². The minimum atomic E-state index is -1.57. The number of fused-ring (bicyclic) bond motifs is 5. The first kappa shape index (κ1) is 22.4. The fourth-order valence-corrected chi connectivity index (χ4v) is 7.27. The molecule has 0 heterocycles. The number of carbonyl (C=O) groups is 2. The van der Waals surface area contributed by atoms with Crippen LogP contribution >= 0.6 is 0 Å². The predicted octanol–water partition coefficient (Wildman–Crippen LogP) is 1.30. The molecular weight excluding hydrogens is 367 g/mol. The van der Waals surface area contributed by atoms with Gasteiger partial charge in [-0.1, -0.05) is 25.0 Å². The van der Waals surface area contributed by atoms with Crippen LogP contribution in [-0.4, -0.2) is 74.8 Å². The molecule has 4 aliphatic rings. The fraction of sp³-hybridized carbons (Fsp3) is 0.727. The summed E-state index contributed by atoms with van der Waals surface area (Å²) in [4.78, 5) is 24.4. The second kappa shape index (κ2) is 7.14. The number of Topliss-reactive ketones (excluding diaryl/α,β-unsaturated/α-hetero) is 1. The average Bonchev–Trinajstić information content (AvgIpc) is 2.87. The van der Waals surface area contributed by atoms with Gasteiger partial charge < -0.3 is 15.3 Å². The molecular formula is C22H31NaO5. The van der Waals surface area contributed by atoms with Crippen molar-refractivity contribution in [2.45, 2.75) is 64.6 Å². The molecule has 4 aliphatic carbocycles. The number of hydrogen-bond donors (Lipinski definition) is 3. The van der Waals surface area contributed by atoms with E-state index in [-0.39, 0.29) is 58.5 Å². The zero-order valence-corrected chi connectivity index (χ0v) is 16.4. The molecule has 0 aromatic carbocycles. The first-order chi connectivity index (χ1) is 12.6. The summed E-state index contributed by atoms with van der Waals surface area (Å²) in [5, 5.41) is 31.9. The Morgan fingerprint density at radius 1 is 1.25 bits per heavy atom. The summed E-state index contributed by atoms with van der Waals surface area (Å²) in [6.07, 6.45) is 5.83. The number of allylic oxidation sites excluding steroid dienone is 4. The molecule has 0 aromatic rings. The van der Waals surface area contributed by atoms with Crippen LogP contribution in [0, 0.1) is 28.6 Å². The maximum atomic E-state index is 12.4. The molecule has 150 valence electrons. The van der Waals surface area contributed by atoms with Crippen LogP contribution in [-0.2, 0) is 9.59 Å². The van der Waals surface area contributed by atoms with Gasteiger partial charge in [0.2, 0.25) is 0 Å².